The number of benzene rings is 1. The van der Waals surface area contributed by atoms with Crippen LogP contribution in [0.5, 0.6) is 0 Å². The van der Waals surface area contributed by atoms with Crippen molar-refractivity contribution in [3.63, 3.8) is 0 Å². The second kappa shape index (κ2) is 3.83. The number of hydrogen-bond acceptors (Lipinski definition) is 2. The van der Waals surface area contributed by atoms with E-state index in [4.69, 9.17) is 23.8 Å². The van der Waals surface area contributed by atoms with Gasteiger partial charge in [0.25, 0.3) is 5.11 Å². The maximum absolute atomic E-state index is 5.86. The molecule has 70 valence electrons. The average molecular weight is 196 g/mol. The quantitative estimate of drug-likeness (QED) is 0.318. The van der Waals surface area contributed by atoms with Crippen molar-refractivity contribution in [3.8, 4) is 0 Å². The van der Waals surface area contributed by atoms with E-state index in [1.165, 1.54) is 0 Å². The summed E-state index contributed by atoms with van der Waals surface area (Å²) in [4.78, 5) is 0. The van der Waals surface area contributed by atoms with Crippen molar-refractivity contribution >= 4 is 17.3 Å². The SMILES string of the molecule is C[N+](N)(Cc1ccccc1)C(N)=S. The summed E-state index contributed by atoms with van der Waals surface area (Å²) in [5.74, 6) is 5.86. The van der Waals surface area contributed by atoms with Gasteiger partial charge in [-0.2, -0.15) is 10.4 Å². The molecule has 0 heterocycles. The lowest BCUT2D eigenvalue weighted by atomic mass is 10.2. The number of nitrogens with zero attached hydrogens (tertiary/aromatic N) is 1. The molecule has 0 saturated carbocycles. The Morgan fingerprint density at radius 1 is 1.38 bits per heavy atom. The van der Waals surface area contributed by atoms with Crippen molar-refractivity contribution in [2.75, 3.05) is 7.05 Å². The summed E-state index contributed by atoms with van der Waals surface area (Å²) in [7, 11) is 1.79. The fraction of sp³-hybridized carbons (Fsp3) is 0.222. The summed E-state index contributed by atoms with van der Waals surface area (Å²) in [6, 6.07) is 9.90. The highest BCUT2D eigenvalue weighted by Gasteiger charge is 2.20. The third kappa shape index (κ3) is 2.77. The molecule has 1 rings (SSSR count). The highest BCUT2D eigenvalue weighted by molar-refractivity contribution is 7.79. The van der Waals surface area contributed by atoms with Gasteiger partial charge in [0.05, 0.1) is 7.05 Å². The van der Waals surface area contributed by atoms with E-state index in [2.05, 4.69) is 0 Å². The molecule has 3 nitrogen and oxygen atoms in total. The van der Waals surface area contributed by atoms with E-state index >= 15 is 0 Å². The minimum absolute atomic E-state index is 0.0549. The third-order valence-corrected chi connectivity index (χ3v) is 2.27. The predicted octanol–water partition coefficient (Wildman–Crippen LogP) is 0.750. The van der Waals surface area contributed by atoms with Crippen molar-refractivity contribution in [2.24, 2.45) is 11.6 Å². The number of hydrogen-bond donors (Lipinski definition) is 2. The van der Waals surface area contributed by atoms with Crippen LogP contribution in [-0.4, -0.2) is 16.8 Å². The van der Waals surface area contributed by atoms with Gasteiger partial charge >= 0.3 is 0 Å². The van der Waals surface area contributed by atoms with Gasteiger partial charge in [-0.25, -0.2) is 0 Å². The molecular weight excluding hydrogens is 182 g/mol. The Kier molecular flexibility index (Phi) is 2.98. The normalized spacial score (nSPS) is 14.9. The summed E-state index contributed by atoms with van der Waals surface area (Å²) in [6.45, 7) is 0.621. The van der Waals surface area contributed by atoms with Gasteiger partial charge in [-0.05, 0) is 0 Å². The summed E-state index contributed by atoms with van der Waals surface area (Å²) < 4.78 is 0.0549. The van der Waals surface area contributed by atoms with Crippen LogP contribution in [0.2, 0.25) is 0 Å². The van der Waals surface area contributed by atoms with Crippen molar-refractivity contribution in [2.45, 2.75) is 6.54 Å². The molecule has 13 heavy (non-hydrogen) atoms. The van der Waals surface area contributed by atoms with Crippen LogP contribution in [0.3, 0.4) is 0 Å². The van der Waals surface area contributed by atoms with E-state index in [1.54, 1.807) is 7.05 Å². The van der Waals surface area contributed by atoms with E-state index in [-0.39, 0.29) is 4.59 Å². The molecule has 4 heteroatoms. The maximum Gasteiger partial charge on any atom is 0.286 e. The van der Waals surface area contributed by atoms with Gasteiger partial charge in [-0.1, -0.05) is 30.3 Å². The Balaban J connectivity index is 2.75. The molecule has 0 saturated heterocycles. The van der Waals surface area contributed by atoms with Crippen LogP contribution in [0.4, 0.5) is 0 Å². The van der Waals surface area contributed by atoms with Crippen LogP contribution >= 0.6 is 12.2 Å². The standard InChI is InChI=1S/C9H13N3S/c1-12(11,9(10)13)7-8-5-3-2-4-6-8/h2-6H,7,11H2,1H3,(H-,10,13)/p+1. The lowest BCUT2D eigenvalue weighted by molar-refractivity contribution is -0.845. The summed E-state index contributed by atoms with van der Waals surface area (Å²) in [5, 5.41) is 0.295. The Labute approximate surface area is 83.5 Å². The van der Waals surface area contributed by atoms with Crippen LogP contribution < -0.4 is 11.6 Å². The van der Waals surface area contributed by atoms with Gasteiger partial charge in [-0.15, -0.1) is 0 Å². The molecular formula is C9H14N3S+. The van der Waals surface area contributed by atoms with Crippen LogP contribution in [0, 0.1) is 0 Å². The second-order valence-electron chi connectivity index (χ2n) is 3.25. The molecule has 1 atom stereocenters. The summed E-state index contributed by atoms with van der Waals surface area (Å²) >= 11 is 4.86. The molecule has 1 aromatic carbocycles. The van der Waals surface area contributed by atoms with E-state index in [9.17, 15) is 0 Å². The van der Waals surface area contributed by atoms with Crippen molar-refractivity contribution in [3.05, 3.63) is 35.9 Å². The van der Waals surface area contributed by atoms with E-state index in [1.807, 2.05) is 30.3 Å². The van der Waals surface area contributed by atoms with Gasteiger partial charge in [0.1, 0.15) is 6.54 Å². The van der Waals surface area contributed by atoms with Crippen LogP contribution in [0.25, 0.3) is 0 Å². The highest BCUT2D eigenvalue weighted by atomic mass is 32.1. The van der Waals surface area contributed by atoms with E-state index < -0.39 is 0 Å². The van der Waals surface area contributed by atoms with Crippen molar-refractivity contribution in [1.29, 1.82) is 0 Å². The zero-order valence-corrected chi connectivity index (χ0v) is 8.42. The first kappa shape index (κ1) is 10.1. The lowest BCUT2D eigenvalue weighted by Crippen LogP contribution is -2.57. The maximum atomic E-state index is 5.86. The first-order chi connectivity index (χ1) is 6.02. The number of thiocarbonyl (C=S) groups is 1. The molecule has 0 aliphatic carbocycles. The van der Waals surface area contributed by atoms with Crippen LogP contribution in [-0.2, 0) is 6.54 Å². The monoisotopic (exact) mass is 196 g/mol. The molecule has 0 aromatic heterocycles. The molecule has 0 bridgehead atoms. The zero-order chi connectivity index (χ0) is 9.90. The molecule has 0 spiro atoms. The Morgan fingerprint density at radius 3 is 2.38 bits per heavy atom. The van der Waals surface area contributed by atoms with Gasteiger partial charge < -0.3 is 5.73 Å². The first-order valence-corrected chi connectivity index (χ1v) is 4.41. The Morgan fingerprint density at radius 2 is 1.92 bits per heavy atom. The number of quaternary nitrogens is 1. The minimum atomic E-state index is 0.0549. The zero-order valence-electron chi connectivity index (χ0n) is 7.60. The summed E-state index contributed by atoms with van der Waals surface area (Å²) in [5.41, 5.74) is 6.62. The molecule has 0 fully saturated rings. The first-order valence-electron chi connectivity index (χ1n) is 4.00. The molecule has 0 radical (unpaired) electrons. The Hall–Kier alpha value is -0.970. The van der Waals surface area contributed by atoms with Gasteiger partial charge in [0, 0.05) is 17.8 Å². The molecule has 0 amide bonds. The van der Waals surface area contributed by atoms with E-state index in [0.717, 1.165) is 5.56 Å². The molecule has 0 aliphatic rings. The average Bonchev–Trinajstić information content (AvgIpc) is 2.05. The lowest BCUT2D eigenvalue weighted by Gasteiger charge is -2.25. The number of nitrogens with two attached hydrogens (primary N) is 2. The summed E-state index contributed by atoms with van der Waals surface area (Å²) in [6.07, 6.45) is 0. The fourth-order valence-electron chi connectivity index (χ4n) is 1.04. The van der Waals surface area contributed by atoms with Crippen molar-refractivity contribution in [1.82, 2.24) is 0 Å². The molecule has 1 aromatic rings. The Bertz CT molecular complexity index is 295. The fourth-order valence-corrected chi connectivity index (χ4v) is 1.11. The van der Waals surface area contributed by atoms with E-state index in [0.29, 0.717) is 11.7 Å². The van der Waals surface area contributed by atoms with Gasteiger partial charge in [-0.3, -0.25) is 0 Å². The van der Waals surface area contributed by atoms with Gasteiger partial charge in [0.2, 0.25) is 0 Å². The van der Waals surface area contributed by atoms with Crippen LogP contribution in [0.1, 0.15) is 5.56 Å². The van der Waals surface area contributed by atoms with Gasteiger partial charge in [0.15, 0.2) is 0 Å². The minimum Gasteiger partial charge on any atom is -0.343 e. The predicted molar refractivity (Wildman–Crippen MR) is 57.3 cm³/mol. The number of rotatable bonds is 2. The molecule has 4 N–H and O–H groups in total. The highest BCUT2D eigenvalue weighted by Crippen LogP contribution is 2.05. The van der Waals surface area contributed by atoms with Crippen LogP contribution in [0.15, 0.2) is 30.3 Å². The molecule has 0 aliphatic heterocycles. The smallest absolute Gasteiger partial charge is 0.286 e. The molecule has 1 unspecified atom stereocenters. The third-order valence-electron chi connectivity index (χ3n) is 1.86. The largest absolute Gasteiger partial charge is 0.343 e. The van der Waals surface area contributed by atoms with Crippen molar-refractivity contribution < 1.29 is 4.59 Å². The topological polar surface area (TPSA) is 52.0 Å². The second-order valence-corrected chi connectivity index (χ2v) is 3.67.